The molecule has 0 saturated carbocycles. The highest BCUT2D eigenvalue weighted by molar-refractivity contribution is 5.82. The number of benzene rings is 2. The number of nitriles is 1. The lowest BCUT2D eigenvalue weighted by molar-refractivity contribution is 0.584. The smallest absolute Gasteiger partial charge is 0.265 e. The van der Waals surface area contributed by atoms with Crippen LogP contribution in [0.15, 0.2) is 47.3 Å². The summed E-state index contributed by atoms with van der Waals surface area (Å²) < 4.78 is 28.1. The van der Waals surface area contributed by atoms with Crippen LogP contribution in [0.1, 0.15) is 11.1 Å². The molecule has 0 unspecified atom stereocenters. The number of halogens is 2. The van der Waals surface area contributed by atoms with E-state index in [1.54, 1.807) is 31.2 Å². The van der Waals surface area contributed by atoms with Crippen LogP contribution in [-0.4, -0.2) is 9.38 Å². The summed E-state index contributed by atoms with van der Waals surface area (Å²) in [5.41, 5.74) is 7.05. The molecule has 2 heterocycles. The molecule has 8 heteroatoms. The van der Waals surface area contributed by atoms with Crippen LogP contribution >= 0.6 is 0 Å². The van der Waals surface area contributed by atoms with Crippen molar-refractivity contribution in [3.8, 4) is 6.07 Å². The van der Waals surface area contributed by atoms with E-state index in [1.807, 2.05) is 0 Å². The molecule has 0 spiro atoms. The summed E-state index contributed by atoms with van der Waals surface area (Å²) >= 11 is 0. The summed E-state index contributed by atoms with van der Waals surface area (Å²) in [6, 6.07) is 12.3. The van der Waals surface area contributed by atoms with Crippen LogP contribution in [0.4, 0.5) is 14.5 Å². The number of para-hydroxylation sites is 2. The number of aromatic nitrogens is 2. The van der Waals surface area contributed by atoms with E-state index >= 15 is 0 Å². The molecule has 0 amide bonds. The van der Waals surface area contributed by atoms with Gasteiger partial charge in [-0.1, -0.05) is 12.1 Å². The first-order valence-corrected chi connectivity index (χ1v) is 8.32. The minimum absolute atomic E-state index is 0.0115. The summed E-state index contributed by atoms with van der Waals surface area (Å²) in [4.78, 5) is 17.4. The fourth-order valence-corrected chi connectivity index (χ4v) is 3.06. The number of nitrogens with one attached hydrogen (secondary N) is 2. The van der Waals surface area contributed by atoms with Gasteiger partial charge in [-0.25, -0.2) is 13.8 Å². The Kier molecular flexibility index (Phi) is 4.12. The lowest BCUT2D eigenvalue weighted by Crippen LogP contribution is -2.36. The molecule has 0 aliphatic carbocycles. The summed E-state index contributed by atoms with van der Waals surface area (Å²) in [6.07, 6.45) is 1.34. The number of imidazole rings is 1. The van der Waals surface area contributed by atoms with E-state index in [0.29, 0.717) is 22.2 Å². The van der Waals surface area contributed by atoms with Crippen molar-refractivity contribution < 1.29 is 8.78 Å². The van der Waals surface area contributed by atoms with Gasteiger partial charge >= 0.3 is 0 Å². The van der Waals surface area contributed by atoms with Crippen molar-refractivity contribution in [2.24, 2.45) is 0 Å². The monoisotopic (exact) mass is 377 g/mol. The first kappa shape index (κ1) is 17.4. The maximum Gasteiger partial charge on any atom is 0.265 e. The normalized spacial score (nSPS) is 11.7. The van der Waals surface area contributed by atoms with Gasteiger partial charge in [0.15, 0.2) is 11.5 Å². The van der Waals surface area contributed by atoms with Crippen molar-refractivity contribution in [3.63, 3.8) is 0 Å². The lowest BCUT2D eigenvalue weighted by Gasteiger charge is -2.08. The third kappa shape index (κ3) is 2.70. The maximum atomic E-state index is 13.7. The van der Waals surface area contributed by atoms with Gasteiger partial charge in [0, 0.05) is 12.3 Å². The van der Waals surface area contributed by atoms with Crippen LogP contribution in [-0.2, 0) is 0 Å². The van der Waals surface area contributed by atoms with Crippen LogP contribution in [0.5, 0.6) is 0 Å². The third-order valence-corrected chi connectivity index (χ3v) is 4.46. The quantitative estimate of drug-likeness (QED) is 0.536. The number of fused-ring (bicyclic) bond motifs is 3. The first-order chi connectivity index (χ1) is 13.5. The van der Waals surface area contributed by atoms with Crippen molar-refractivity contribution in [2.45, 2.75) is 6.92 Å². The average molecular weight is 377 g/mol. The summed E-state index contributed by atoms with van der Waals surface area (Å²) in [5.74, 6) is -1.48. The van der Waals surface area contributed by atoms with Crippen molar-refractivity contribution in [1.82, 2.24) is 14.8 Å². The number of hydrogen-bond donors (Lipinski definition) is 2. The summed E-state index contributed by atoms with van der Waals surface area (Å²) in [7, 11) is 0. The standard InChI is InChI=1S/C20H13F2N5O/c1-11-13(9-23)19-25-17-4-2-3-5-18(17)27(19)20(28)14(11)10-24-26-16-7-6-12(21)8-15(16)22/h2-8,10,24,26H,1H3. The van der Waals surface area contributed by atoms with Crippen LogP contribution in [0.25, 0.3) is 22.9 Å². The number of anilines is 1. The zero-order chi connectivity index (χ0) is 19.8. The molecule has 0 atom stereocenters. The lowest BCUT2D eigenvalue weighted by atomic mass is 10.1. The predicted molar refractivity (Wildman–Crippen MR) is 101 cm³/mol. The Morgan fingerprint density at radius 3 is 2.75 bits per heavy atom. The maximum absolute atomic E-state index is 13.7. The number of hydrogen-bond acceptors (Lipinski definition) is 5. The highest BCUT2D eigenvalue weighted by Crippen LogP contribution is 2.17. The van der Waals surface area contributed by atoms with Crippen molar-refractivity contribution in [3.05, 3.63) is 80.8 Å². The number of rotatable bonds is 3. The molecular formula is C20H13F2N5O. The molecule has 138 valence electrons. The van der Waals surface area contributed by atoms with Crippen LogP contribution in [0.3, 0.4) is 0 Å². The molecule has 4 rings (SSSR count). The molecule has 28 heavy (non-hydrogen) atoms. The Bertz CT molecular complexity index is 1390. The summed E-state index contributed by atoms with van der Waals surface area (Å²) in [5, 5.41) is 9.81. The Hall–Kier alpha value is -3.99. The minimum atomic E-state index is -0.784. The minimum Gasteiger partial charge on any atom is -0.307 e. The van der Waals surface area contributed by atoms with Crippen molar-refractivity contribution in [2.75, 3.05) is 5.43 Å². The molecule has 2 aromatic heterocycles. The predicted octanol–water partition coefficient (Wildman–Crippen LogP) is 2.38. The van der Waals surface area contributed by atoms with Crippen molar-refractivity contribution >= 4 is 28.6 Å². The second-order valence-corrected chi connectivity index (χ2v) is 6.13. The Morgan fingerprint density at radius 2 is 2.00 bits per heavy atom. The van der Waals surface area contributed by atoms with E-state index in [-0.39, 0.29) is 22.0 Å². The Labute approximate surface area is 157 Å². The number of nitrogens with zero attached hydrogens (tertiary/aromatic N) is 3. The molecule has 0 aliphatic rings. The van der Waals surface area contributed by atoms with Gasteiger partial charge in [0.2, 0.25) is 0 Å². The van der Waals surface area contributed by atoms with Gasteiger partial charge in [0.25, 0.3) is 5.56 Å². The van der Waals surface area contributed by atoms with Gasteiger partial charge < -0.3 is 5.43 Å². The van der Waals surface area contributed by atoms with E-state index in [4.69, 9.17) is 0 Å². The molecular weight excluding hydrogens is 364 g/mol. The van der Waals surface area contributed by atoms with Crippen molar-refractivity contribution in [1.29, 1.82) is 5.26 Å². The van der Waals surface area contributed by atoms with E-state index < -0.39 is 11.6 Å². The zero-order valence-corrected chi connectivity index (χ0v) is 14.6. The molecule has 0 saturated heterocycles. The van der Waals surface area contributed by atoms with Gasteiger partial charge in [0.05, 0.1) is 27.5 Å². The molecule has 0 radical (unpaired) electrons. The zero-order valence-electron chi connectivity index (χ0n) is 14.6. The molecule has 0 aliphatic heterocycles. The van der Waals surface area contributed by atoms with E-state index in [0.717, 1.165) is 12.1 Å². The molecule has 4 aromatic rings. The largest absolute Gasteiger partial charge is 0.307 e. The molecule has 2 aromatic carbocycles. The Morgan fingerprint density at radius 1 is 1.21 bits per heavy atom. The van der Waals surface area contributed by atoms with Crippen LogP contribution < -0.4 is 21.6 Å². The molecule has 2 N–H and O–H groups in total. The van der Waals surface area contributed by atoms with Crippen LogP contribution in [0, 0.1) is 29.9 Å². The molecule has 6 nitrogen and oxygen atoms in total. The van der Waals surface area contributed by atoms with Gasteiger partial charge in [-0.15, -0.1) is 0 Å². The molecule has 0 bridgehead atoms. The second-order valence-electron chi connectivity index (χ2n) is 6.13. The third-order valence-electron chi connectivity index (χ3n) is 4.46. The van der Waals surface area contributed by atoms with Gasteiger partial charge in [0.1, 0.15) is 11.9 Å². The topological polar surface area (TPSA) is 82.2 Å². The summed E-state index contributed by atoms with van der Waals surface area (Å²) in [6.45, 7) is 1.64. The van der Waals surface area contributed by atoms with Crippen LogP contribution in [0.2, 0.25) is 0 Å². The fraction of sp³-hybridized carbons (Fsp3) is 0.0500. The first-order valence-electron chi connectivity index (χ1n) is 8.32. The van der Waals surface area contributed by atoms with E-state index in [1.165, 1.54) is 16.7 Å². The van der Waals surface area contributed by atoms with Gasteiger partial charge in [-0.2, -0.15) is 5.26 Å². The average Bonchev–Trinajstić information content (AvgIpc) is 3.05. The fourth-order valence-electron chi connectivity index (χ4n) is 3.06. The van der Waals surface area contributed by atoms with Gasteiger partial charge in [-0.3, -0.25) is 14.6 Å². The highest BCUT2D eigenvalue weighted by atomic mass is 19.1. The second kappa shape index (κ2) is 6.63. The SMILES string of the molecule is Cc1c(C#N)c2nc3ccccc3n2c(=O)c1=CNNc1ccc(F)cc1F. The number of hydrazine groups is 1. The molecule has 0 fully saturated rings. The van der Waals surface area contributed by atoms with Gasteiger partial charge in [-0.05, 0) is 36.8 Å². The van der Waals surface area contributed by atoms with E-state index in [9.17, 15) is 18.8 Å². The highest BCUT2D eigenvalue weighted by Gasteiger charge is 2.15. The number of pyridine rings is 1. The van der Waals surface area contributed by atoms with E-state index in [2.05, 4.69) is 21.9 Å². The Balaban J connectivity index is 1.87.